The van der Waals surface area contributed by atoms with Gasteiger partial charge < -0.3 is 15.8 Å². The number of alkyl carbamates (subject to hydrolysis) is 1. The Bertz CT molecular complexity index is 170. The lowest BCUT2D eigenvalue weighted by molar-refractivity contribution is 0.124. The number of carbonyl (C=O) groups excluding carboxylic acids is 1. The van der Waals surface area contributed by atoms with Crippen LogP contribution in [0.15, 0.2) is 0 Å². The van der Waals surface area contributed by atoms with E-state index in [9.17, 15) is 4.79 Å². The number of amides is 1. The Morgan fingerprint density at radius 2 is 2.25 bits per heavy atom. The second-order valence-corrected chi connectivity index (χ2v) is 3.98. The van der Waals surface area contributed by atoms with Crippen LogP contribution < -0.4 is 11.1 Å². The molecule has 1 rings (SSSR count). The topological polar surface area (TPSA) is 64.3 Å². The lowest BCUT2D eigenvalue weighted by Crippen LogP contribution is -2.40. The fourth-order valence-electron chi connectivity index (χ4n) is 0.688. The molecule has 0 radical (unpaired) electrons. The Morgan fingerprint density at radius 3 is 2.67 bits per heavy atom. The van der Waals surface area contributed by atoms with Gasteiger partial charge >= 0.3 is 6.09 Å². The van der Waals surface area contributed by atoms with Gasteiger partial charge in [-0.15, -0.1) is 0 Å². The van der Waals surface area contributed by atoms with Crippen LogP contribution in [0.5, 0.6) is 0 Å². The molecule has 1 saturated carbocycles. The number of nitrogens with one attached hydrogen (secondary N) is 1. The lowest BCUT2D eigenvalue weighted by Gasteiger charge is -2.17. The van der Waals surface area contributed by atoms with Gasteiger partial charge in [0.2, 0.25) is 0 Å². The molecule has 1 aliphatic rings. The lowest BCUT2D eigenvalue weighted by atomic mass is 10.1. The van der Waals surface area contributed by atoms with Crippen LogP contribution in [0.2, 0.25) is 0 Å². The minimum Gasteiger partial charge on any atom is -0.448 e. The summed E-state index contributed by atoms with van der Waals surface area (Å²) in [4.78, 5) is 11.0. The van der Waals surface area contributed by atoms with Crippen LogP contribution in [-0.4, -0.2) is 24.3 Å². The Morgan fingerprint density at radius 1 is 1.67 bits per heavy atom. The van der Waals surface area contributed by atoms with E-state index in [0.29, 0.717) is 6.04 Å². The maximum Gasteiger partial charge on any atom is 0.407 e. The highest BCUT2D eigenvalue weighted by Crippen LogP contribution is 2.18. The molecule has 0 aromatic rings. The smallest absolute Gasteiger partial charge is 0.407 e. The van der Waals surface area contributed by atoms with E-state index in [-0.39, 0.29) is 12.7 Å². The molecule has 0 aromatic carbocycles. The van der Waals surface area contributed by atoms with Crippen LogP contribution in [0.3, 0.4) is 0 Å². The summed E-state index contributed by atoms with van der Waals surface area (Å²) in [6.07, 6.45) is 1.79. The molecule has 70 valence electrons. The highest BCUT2D eigenvalue weighted by Gasteiger charge is 2.24. The fraction of sp³-hybridized carbons (Fsp3) is 0.875. The molecule has 1 fully saturated rings. The number of hydrogen-bond acceptors (Lipinski definition) is 3. The number of ether oxygens (including phenoxy) is 1. The molecular weight excluding hydrogens is 156 g/mol. The molecule has 0 aromatic heterocycles. The van der Waals surface area contributed by atoms with Gasteiger partial charge in [-0.3, -0.25) is 0 Å². The van der Waals surface area contributed by atoms with E-state index in [1.807, 2.05) is 13.8 Å². The Labute approximate surface area is 72.5 Å². The van der Waals surface area contributed by atoms with Crippen LogP contribution in [-0.2, 0) is 4.74 Å². The number of carbonyl (C=O) groups is 1. The van der Waals surface area contributed by atoms with Crippen molar-refractivity contribution in [2.75, 3.05) is 6.61 Å². The predicted molar refractivity (Wildman–Crippen MR) is 45.8 cm³/mol. The number of nitrogens with two attached hydrogens (primary N) is 1. The molecular formula is C8H16N2O2. The quantitative estimate of drug-likeness (QED) is 0.655. The van der Waals surface area contributed by atoms with Gasteiger partial charge in [0.1, 0.15) is 6.61 Å². The zero-order valence-electron chi connectivity index (χ0n) is 7.59. The SMILES string of the molecule is CC(C)(N)COC(=O)NC1CC1. The summed E-state index contributed by atoms with van der Waals surface area (Å²) in [7, 11) is 0. The Kier molecular flexibility index (Phi) is 2.57. The maximum absolute atomic E-state index is 11.0. The Hall–Kier alpha value is -0.770. The van der Waals surface area contributed by atoms with Gasteiger partial charge in [-0.2, -0.15) is 0 Å². The minimum absolute atomic E-state index is 0.256. The van der Waals surface area contributed by atoms with Crippen LogP contribution >= 0.6 is 0 Å². The minimum atomic E-state index is -0.444. The summed E-state index contributed by atoms with van der Waals surface area (Å²) in [5.74, 6) is 0. The van der Waals surface area contributed by atoms with Crippen molar-refractivity contribution in [3.63, 3.8) is 0 Å². The molecule has 0 heterocycles. The van der Waals surface area contributed by atoms with Crippen molar-refractivity contribution in [1.82, 2.24) is 5.32 Å². The zero-order chi connectivity index (χ0) is 9.19. The Balaban J connectivity index is 2.09. The third-order valence-electron chi connectivity index (χ3n) is 1.47. The maximum atomic E-state index is 11.0. The summed E-state index contributed by atoms with van der Waals surface area (Å²) in [5, 5.41) is 2.71. The zero-order valence-corrected chi connectivity index (χ0v) is 7.59. The normalized spacial score (nSPS) is 17.2. The number of rotatable bonds is 3. The largest absolute Gasteiger partial charge is 0.448 e. The van der Waals surface area contributed by atoms with Gasteiger partial charge in [0.15, 0.2) is 0 Å². The third kappa shape index (κ3) is 4.18. The predicted octanol–water partition coefficient (Wildman–Crippen LogP) is 0.612. The second-order valence-electron chi connectivity index (χ2n) is 3.98. The second kappa shape index (κ2) is 3.31. The van der Waals surface area contributed by atoms with Gasteiger partial charge in [0, 0.05) is 11.6 Å². The van der Waals surface area contributed by atoms with Crippen molar-refractivity contribution >= 4 is 6.09 Å². The van der Waals surface area contributed by atoms with Crippen molar-refractivity contribution in [1.29, 1.82) is 0 Å². The van der Waals surface area contributed by atoms with E-state index in [0.717, 1.165) is 12.8 Å². The van der Waals surface area contributed by atoms with E-state index in [1.165, 1.54) is 0 Å². The monoisotopic (exact) mass is 172 g/mol. The van der Waals surface area contributed by atoms with Gasteiger partial charge in [-0.05, 0) is 26.7 Å². The van der Waals surface area contributed by atoms with E-state index in [4.69, 9.17) is 10.5 Å². The molecule has 12 heavy (non-hydrogen) atoms. The summed E-state index contributed by atoms with van der Waals surface area (Å²) < 4.78 is 4.88. The van der Waals surface area contributed by atoms with E-state index < -0.39 is 5.54 Å². The summed E-state index contributed by atoms with van der Waals surface area (Å²) in [6, 6.07) is 0.346. The molecule has 3 N–H and O–H groups in total. The molecule has 4 nitrogen and oxygen atoms in total. The van der Waals surface area contributed by atoms with Gasteiger partial charge in [0.25, 0.3) is 0 Å². The van der Waals surface area contributed by atoms with E-state index in [1.54, 1.807) is 0 Å². The highest BCUT2D eigenvalue weighted by molar-refractivity contribution is 5.68. The molecule has 1 amide bonds. The van der Waals surface area contributed by atoms with E-state index >= 15 is 0 Å². The van der Waals surface area contributed by atoms with Crippen LogP contribution in [0.25, 0.3) is 0 Å². The standard InChI is InChI=1S/C8H16N2O2/c1-8(2,9)5-12-7(11)10-6-3-4-6/h6H,3-5,9H2,1-2H3,(H,10,11). The highest BCUT2D eigenvalue weighted by atomic mass is 16.5. The molecule has 0 spiro atoms. The van der Waals surface area contributed by atoms with Crippen molar-refractivity contribution in [2.45, 2.75) is 38.3 Å². The van der Waals surface area contributed by atoms with Crippen LogP contribution in [0, 0.1) is 0 Å². The number of hydrogen-bond donors (Lipinski definition) is 2. The molecule has 0 unspecified atom stereocenters. The van der Waals surface area contributed by atoms with Crippen molar-refractivity contribution in [3.05, 3.63) is 0 Å². The first-order valence-corrected chi connectivity index (χ1v) is 4.19. The summed E-state index contributed by atoms with van der Waals surface area (Å²) in [6.45, 7) is 3.89. The van der Waals surface area contributed by atoms with E-state index in [2.05, 4.69) is 5.32 Å². The first-order chi connectivity index (χ1) is 5.47. The van der Waals surface area contributed by atoms with Crippen molar-refractivity contribution in [3.8, 4) is 0 Å². The van der Waals surface area contributed by atoms with Gasteiger partial charge in [0.05, 0.1) is 0 Å². The molecule has 0 saturated heterocycles. The average molecular weight is 172 g/mol. The van der Waals surface area contributed by atoms with Gasteiger partial charge in [-0.1, -0.05) is 0 Å². The third-order valence-corrected chi connectivity index (χ3v) is 1.47. The van der Waals surface area contributed by atoms with Crippen molar-refractivity contribution < 1.29 is 9.53 Å². The molecule has 1 aliphatic carbocycles. The molecule has 4 heteroatoms. The first kappa shape index (κ1) is 9.32. The molecule has 0 bridgehead atoms. The van der Waals surface area contributed by atoms with Crippen LogP contribution in [0.1, 0.15) is 26.7 Å². The summed E-state index contributed by atoms with van der Waals surface area (Å²) in [5.41, 5.74) is 5.18. The van der Waals surface area contributed by atoms with Crippen molar-refractivity contribution in [2.24, 2.45) is 5.73 Å². The van der Waals surface area contributed by atoms with Gasteiger partial charge in [-0.25, -0.2) is 4.79 Å². The summed E-state index contributed by atoms with van der Waals surface area (Å²) >= 11 is 0. The molecule has 0 atom stereocenters. The average Bonchev–Trinajstić information content (AvgIpc) is 2.66. The molecule has 0 aliphatic heterocycles. The first-order valence-electron chi connectivity index (χ1n) is 4.19. The fourth-order valence-corrected chi connectivity index (χ4v) is 0.688. The van der Waals surface area contributed by atoms with Crippen LogP contribution in [0.4, 0.5) is 4.79 Å².